The van der Waals surface area contributed by atoms with E-state index in [1.165, 1.54) is 6.92 Å². The maximum absolute atomic E-state index is 12.5. The van der Waals surface area contributed by atoms with Gasteiger partial charge < -0.3 is 15.0 Å². The molecule has 0 unspecified atom stereocenters. The molecule has 0 radical (unpaired) electrons. The number of carbonyl (C=O) groups excluding carboxylic acids is 2. The zero-order valence-electron chi connectivity index (χ0n) is 14.8. The van der Waals surface area contributed by atoms with Crippen molar-refractivity contribution < 1.29 is 14.3 Å². The van der Waals surface area contributed by atoms with Crippen LogP contribution in [0.15, 0.2) is 48.8 Å². The number of anilines is 1. The molecule has 0 aliphatic heterocycles. The van der Waals surface area contributed by atoms with Crippen LogP contribution in [0.1, 0.15) is 39.0 Å². The molecule has 2 aromatic heterocycles. The zero-order chi connectivity index (χ0) is 18.7. The third-order valence-electron chi connectivity index (χ3n) is 4.01. The molecular weight excluding hydrogens is 330 g/mol. The van der Waals surface area contributed by atoms with Crippen LogP contribution in [0.5, 0.6) is 11.5 Å². The van der Waals surface area contributed by atoms with Crippen molar-refractivity contribution in [3.63, 3.8) is 0 Å². The van der Waals surface area contributed by atoms with Crippen molar-refractivity contribution in [1.29, 1.82) is 0 Å². The van der Waals surface area contributed by atoms with Gasteiger partial charge in [0.15, 0.2) is 5.78 Å². The van der Waals surface area contributed by atoms with Gasteiger partial charge in [0.2, 0.25) is 0 Å². The van der Waals surface area contributed by atoms with Crippen LogP contribution in [-0.2, 0) is 0 Å². The van der Waals surface area contributed by atoms with Gasteiger partial charge in [-0.1, -0.05) is 0 Å². The molecule has 0 aliphatic carbocycles. The number of aryl methyl sites for hydroxylation is 1. The van der Waals surface area contributed by atoms with Crippen molar-refractivity contribution in [3.8, 4) is 11.5 Å². The summed E-state index contributed by atoms with van der Waals surface area (Å²) < 4.78 is 5.69. The molecule has 2 N–H and O–H groups in total. The van der Waals surface area contributed by atoms with Gasteiger partial charge in [0, 0.05) is 29.3 Å². The second kappa shape index (κ2) is 7.23. The van der Waals surface area contributed by atoms with Gasteiger partial charge in [0.1, 0.15) is 17.2 Å². The van der Waals surface area contributed by atoms with E-state index >= 15 is 0 Å². The first-order chi connectivity index (χ1) is 12.5. The maximum Gasteiger partial charge on any atom is 0.272 e. The van der Waals surface area contributed by atoms with Crippen LogP contribution in [0.4, 0.5) is 5.69 Å². The summed E-state index contributed by atoms with van der Waals surface area (Å²) in [7, 11) is 0. The normalized spacial score (nSPS) is 10.4. The highest BCUT2D eigenvalue weighted by atomic mass is 16.5. The molecule has 0 bridgehead atoms. The molecule has 0 aliphatic rings. The minimum Gasteiger partial charge on any atom is -0.457 e. The van der Waals surface area contributed by atoms with Crippen molar-refractivity contribution in [1.82, 2.24) is 9.97 Å². The lowest BCUT2D eigenvalue weighted by Gasteiger charge is -2.08. The molecule has 3 aromatic rings. The molecule has 0 atom stereocenters. The zero-order valence-corrected chi connectivity index (χ0v) is 14.8. The molecule has 1 aromatic carbocycles. The summed E-state index contributed by atoms with van der Waals surface area (Å²) in [5.74, 6) is 0.986. The lowest BCUT2D eigenvalue weighted by atomic mass is 10.1. The third kappa shape index (κ3) is 3.64. The Kier molecular flexibility index (Phi) is 4.84. The number of aromatic amines is 1. The number of ether oxygens (including phenoxy) is 1. The predicted molar refractivity (Wildman–Crippen MR) is 99.0 cm³/mol. The lowest BCUT2D eigenvalue weighted by molar-refractivity contribution is 0.101. The molecule has 6 nitrogen and oxygen atoms in total. The fourth-order valence-electron chi connectivity index (χ4n) is 2.85. The monoisotopic (exact) mass is 349 g/mol. The molecular formula is C20H19N3O3. The molecule has 0 saturated heterocycles. The van der Waals surface area contributed by atoms with Crippen molar-refractivity contribution in [3.05, 3.63) is 71.3 Å². The smallest absolute Gasteiger partial charge is 0.272 e. The predicted octanol–water partition coefficient (Wildman–Crippen LogP) is 4.27. The van der Waals surface area contributed by atoms with E-state index in [9.17, 15) is 9.59 Å². The van der Waals surface area contributed by atoms with E-state index in [0.717, 1.165) is 0 Å². The fraction of sp³-hybridized carbons (Fsp3) is 0.150. The minimum atomic E-state index is -0.291. The molecule has 26 heavy (non-hydrogen) atoms. The van der Waals surface area contributed by atoms with Gasteiger partial charge in [-0.25, -0.2) is 0 Å². The summed E-state index contributed by atoms with van der Waals surface area (Å²) in [5.41, 5.74) is 2.94. The van der Waals surface area contributed by atoms with Crippen LogP contribution < -0.4 is 10.1 Å². The quantitative estimate of drug-likeness (QED) is 0.674. The number of H-pyrrole nitrogens is 1. The Balaban J connectivity index is 1.72. The van der Waals surface area contributed by atoms with Crippen molar-refractivity contribution in [2.24, 2.45) is 0 Å². The first-order valence-corrected chi connectivity index (χ1v) is 8.15. The van der Waals surface area contributed by atoms with Gasteiger partial charge in [0.25, 0.3) is 5.91 Å². The van der Waals surface area contributed by atoms with Crippen LogP contribution >= 0.6 is 0 Å². The summed E-state index contributed by atoms with van der Waals surface area (Å²) in [4.78, 5) is 31.1. The number of carbonyl (C=O) groups is 2. The highest BCUT2D eigenvalue weighted by Gasteiger charge is 2.19. The van der Waals surface area contributed by atoms with Crippen molar-refractivity contribution >= 4 is 17.4 Å². The van der Waals surface area contributed by atoms with Crippen LogP contribution in [0.25, 0.3) is 0 Å². The van der Waals surface area contributed by atoms with Gasteiger partial charge in [-0.3, -0.25) is 14.6 Å². The Bertz CT molecular complexity index is 944. The summed E-state index contributed by atoms with van der Waals surface area (Å²) in [6.45, 7) is 5.04. The Morgan fingerprint density at radius 3 is 2.19 bits per heavy atom. The van der Waals surface area contributed by atoms with Crippen LogP contribution in [0.2, 0.25) is 0 Å². The van der Waals surface area contributed by atoms with Gasteiger partial charge >= 0.3 is 0 Å². The molecule has 2 heterocycles. The first kappa shape index (κ1) is 17.4. The number of Topliss-reactive ketones (excluding diaryl/α,β-unsaturated/α-hetero) is 1. The fourth-order valence-corrected chi connectivity index (χ4v) is 2.85. The Labute approximate surface area is 151 Å². The Morgan fingerprint density at radius 1 is 1.00 bits per heavy atom. The molecule has 132 valence electrons. The number of hydrogen-bond donors (Lipinski definition) is 2. The summed E-state index contributed by atoms with van der Waals surface area (Å²) in [6.07, 6.45) is 3.31. The summed E-state index contributed by atoms with van der Waals surface area (Å²) in [5, 5.41) is 2.82. The van der Waals surface area contributed by atoms with E-state index in [4.69, 9.17) is 4.74 Å². The number of amides is 1. The standard InChI is InChI=1S/C20H19N3O3/c1-12-18(14(3)24)13(2)22-19(12)20(25)23-15-4-6-16(7-5-15)26-17-8-10-21-11-9-17/h4-11,22H,1-3H3,(H,23,25). The number of nitrogens with one attached hydrogen (secondary N) is 2. The highest BCUT2D eigenvalue weighted by molar-refractivity contribution is 6.07. The molecule has 0 fully saturated rings. The van der Waals surface area contributed by atoms with Crippen molar-refractivity contribution in [2.75, 3.05) is 5.32 Å². The second-order valence-electron chi connectivity index (χ2n) is 5.94. The number of ketones is 1. The van der Waals surface area contributed by atoms with Gasteiger partial charge in [0.05, 0.1) is 0 Å². The van der Waals surface area contributed by atoms with Gasteiger partial charge in [-0.2, -0.15) is 0 Å². The van der Waals surface area contributed by atoms with E-state index in [2.05, 4.69) is 15.3 Å². The summed E-state index contributed by atoms with van der Waals surface area (Å²) >= 11 is 0. The van der Waals surface area contributed by atoms with Gasteiger partial charge in [-0.15, -0.1) is 0 Å². The SMILES string of the molecule is CC(=O)c1c(C)[nH]c(C(=O)Nc2ccc(Oc3ccncc3)cc2)c1C. The average molecular weight is 349 g/mol. The molecule has 0 spiro atoms. The van der Waals surface area contributed by atoms with Crippen LogP contribution in [0.3, 0.4) is 0 Å². The number of benzene rings is 1. The molecule has 1 amide bonds. The first-order valence-electron chi connectivity index (χ1n) is 8.15. The number of rotatable bonds is 5. The second-order valence-corrected chi connectivity index (χ2v) is 5.94. The number of aromatic nitrogens is 2. The number of nitrogens with zero attached hydrogens (tertiary/aromatic N) is 1. The minimum absolute atomic E-state index is 0.0621. The average Bonchev–Trinajstić information content (AvgIpc) is 2.92. The van der Waals surface area contributed by atoms with E-state index in [1.807, 2.05) is 0 Å². The largest absolute Gasteiger partial charge is 0.457 e. The topological polar surface area (TPSA) is 84.1 Å². The van der Waals surface area contributed by atoms with Crippen LogP contribution in [-0.4, -0.2) is 21.7 Å². The lowest BCUT2D eigenvalue weighted by Crippen LogP contribution is -2.13. The van der Waals surface area contributed by atoms with Crippen LogP contribution in [0, 0.1) is 13.8 Å². The van der Waals surface area contributed by atoms with E-state index < -0.39 is 0 Å². The summed E-state index contributed by atoms with van der Waals surface area (Å²) in [6, 6.07) is 10.6. The maximum atomic E-state index is 12.5. The van der Waals surface area contributed by atoms with E-state index in [-0.39, 0.29) is 11.7 Å². The molecule has 0 saturated carbocycles. The molecule has 6 heteroatoms. The number of hydrogen-bond acceptors (Lipinski definition) is 4. The number of pyridine rings is 1. The molecule has 3 rings (SSSR count). The van der Waals surface area contributed by atoms with Crippen molar-refractivity contribution in [2.45, 2.75) is 20.8 Å². The Morgan fingerprint density at radius 2 is 1.62 bits per heavy atom. The third-order valence-corrected chi connectivity index (χ3v) is 4.01. The van der Waals surface area contributed by atoms with E-state index in [0.29, 0.717) is 39.7 Å². The van der Waals surface area contributed by atoms with Gasteiger partial charge in [-0.05, 0) is 62.7 Å². The highest BCUT2D eigenvalue weighted by Crippen LogP contribution is 2.23. The Hall–Kier alpha value is -3.41. The van der Waals surface area contributed by atoms with E-state index in [1.54, 1.807) is 62.6 Å².